The summed E-state index contributed by atoms with van der Waals surface area (Å²) in [5, 5.41) is 4.81. The minimum Gasteiger partial charge on any atom is -0.309 e. The Morgan fingerprint density at radius 3 is 1.32 bits per heavy atom. The van der Waals surface area contributed by atoms with E-state index in [-0.39, 0.29) is 0 Å². The van der Waals surface area contributed by atoms with Gasteiger partial charge in [-0.15, -0.1) is 0 Å². The fourth-order valence-electron chi connectivity index (χ4n) is 9.08. The first-order valence-corrected chi connectivity index (χ1v) is 20.9. The molecule has 5 nitrogen and oxygen atoms in total. The van der Waals surface area contributed by atoms with Gasteiger partial charge in [-0.05, 0) is 59.2 Å². The van der Waals surface area contributed by atoms with Crippen LogP contribution in [0.25, 0.3) is 111 Å². The predicted octanol–water partition coefficient (Wildman–Crippen LogP) is 14.4. The summed E-state index contributed by atoms with van der Waals surface area (Å²) < 4.78 is 4.86. The van der Waals surface area contributed by atoms with Crippen molar-refractivity contribution in [2.75, 3.05) is 0 Å². The monoisotopic (exact) mass is 791 g/mol. The normalized spacial score (nSPS) is 11.5. The lowest BCUT2D eigenvalue weighted by molar-refractivity contribution is 1.07. The van der Waals surface area contributed by atoms with Crippen LogP contribution in [-0.4, -0.2) is 24.1 Å². The molecule has 0 fully saturated rings. The molecule has 0 aliphatic carbocycles. The van der Waals surface area contributed by atoms with Crippen molar-refractivity contribution in [2.24, 2.45) is 0 Å². The molecule has 0 unspecified atom stereocenters. The van der Waals surface area contributed by atoms with Gasteiger partial charge in [-0.25, -0.2) is 15.0 Å². The van der Waals surface area contributed by atoms with Crippen LogP contribution in [0.4, 0.5) is 0 Å². The maximum atomic E-state index is 5.08. The van der Waals surface area contributed by atoms with Crippen molar-refractivity contribution in [3.8, 4) is 67.8 Å². The average molecular weight is 792 g/mol. The third-order valence-corrected chi connectivity index (χ3v) is 12.0. The van der Waals surface area contributed by atoms with Crippen LogP contribution in [0.2, 0.25) is 0 Å². The number of benzene rings is 9. The fourth-order valence-corrected chi connectivity index (χ4v) is 9.08. The van der Waals surface area contributed by atoms with Gasteiger partial charge in [-0.1, -0.05) is 182 Å². The van der Waals surface area contributed by atoms with Crippen LogP contribution in [-0.2, 0) is 0 Å². The topological polar surface area (TPSA) is 48.5 Å². The van der Waals surface area contributed by atoms with E-state index < -0.39 is 0 Å². The zero-order valence-corrected chi connectivity index (χ0v) is 33.6. The van der Waals surface area contributed by atoms with Crippen molar-refractivity contribution in [1.82, 2.24) is 24.1 Å². The van der Waals surface area contributed by atoms with Gasteiger partial charge in [0.05, 0.1) is 27.8 Å². The quantitative estimate of drug-likeness (QED) is 0.162. The predicted molar refractivity (Wildman–Crippen MR) is 256 cm³/mol. The van der Waals surface area contributed by atoms with E-state index in [2.05, 4.69) is 173 Å². The summed E-state index contributed by atoms with van der Waals surface area (Å²) >= 11 is 0. The van der Waals surface area contributed by atoms with Crippen molar-refractivity contribution in [1.29, 1.82) is 0 Å². The number of hydrogen-bond acceptors (Lipinski definition) is 3. The summed E-state index contributed by atoms with van der Waals surface area (Å²) in [6.45, 7) is 0. The minimum absolute atomic E-state index is 0.620. The van der Waals surface area contributed by atoms with Gasteiger partial charge >= 0.3 is 0 Å². The molecule has 3 heterocycles. The van der Waals surface area contributed by atoms with Crippen LogP contribution in [0.15, 0.2) is 224 Å². The van der Waals surface area contributed by atoms with Gasteiger partial charge in [-0.2, -0.15) is 0 Å². The second-order valence-corrected chi connectivity index (χ2v) is 15.6. The molecule has 0 amide bonds. The molecule has 0 saturated heterocycles. The van der Waals surface area contributed by atoms with E-state index in [1.165, 1.54) is 43.8 Å². The van der Waals surface area contributed by atoms with E-state index in [1.54, 1.807) is 0 Å². The number of nitrogens with zero attached hydrogens (tertiary/aromatic N) is 5. The second-order valence-electron chi connectivity index (χ2n) is 15.6. The molecule has 0 radical (unpaired) electrons. The van der Waals surface area contributed by atoms with Gasteiger partial charge in [0.2, 0.25) is 0 Å². The Bertz CT molecular complexity index is 3550. The first kappa shape index (κ1) is 35.5. The van der Waals surface area contributed by atoms with Gasteiger partial charge in [0.25, 0.3) is 0 Å². The SMILES string of the molecule is c1ccc(-c2ccc(-c3ccccc3)c(-n3c4ccccc4c4cc5c6ccccc6n(-c6cccc(-c7nc(-c8ccccc8)nc(-c8ccccc8)n7)c6)c5cc43)c2)cc1. The van der Waals surface area contributed by atoms with E-state index in [4.69, 9.17) is 15.0 Å². The van der Waals surface area contributed by atoms with Crippen molar-refractivity contribution < 1.29 is 0 Å². The number of rotatable bonds is 7. The van der Waals surface area contributed by atoms with Crippen LogP contribution < -0.4 is 0 Å². The van der Waals surface area contributed by atoms with Crippen molar-refractivity contribution in [2.45, 2.75) is 0 Å². The van der Waals surface area contributed by atoms with E-state index in [0.29, 0.717) is 17.5 Å². The van der Waals surface area contributed by atoms with E-state index >= 15 is 0 Å². The fraction of sp³-hybridized carbons (Fsp3) is 0. The van der Waals surface area contributed by atoms with Crippen LogP contribution in [0.1, 0.15) is 0 Å². The highest BCUT2D eigenvalue weighted by Gasteiger charge is 2.21. The van der Waals surface area contributed by atoms with Crippen LogP contribution >= 0.6 is 0 Å². The molecule has 12 aromatic rings. The zero-order chi connectivity index (χ0) is 41.0. The molecule has 9 aromatic carbocycles. The molecule has 3 aromatic heterocycles. The summed E-state index contributed by atoms with van der Waals surface area (Å²) in [4.78, 5) is 15.1. The van der Waals surface area contributed by atoms with Crippen LogP contribution in [0.5, 0.6) is 0 Å². The molecule has 0 saturated carbocycles. The summed E-state index contributed by atoms with van der Waals surface area (Å²) in [6, 6.07) is 79.5. The zero-order valence-electron chi connectivity index (χ0n) is 33.6. The Labute approximate surface area is 358 Å². The van der Waals surface area contributed by atoms with Gasteiger partial charge in [0, 0.05) is 49.5 Å². The lowest BCUT2D eigenvalue weighted by Gasteiger charge is -2.16. The highest BCUT2D eigenvalue weighted by atomic mass is 15.0. The Morgan fingerprint density at radius 1 is 0.258 bits per heavy atom. The maximum Gasteiger partial charge on any atom is 0.164 e. The lowest BCUT2D eigenvalue weighted by Crippen LogP contribution is -2.01. The number of aromatic nitrogens is 5. The third-order valence-electron chi connectivity index (χ3n) is 12.0. The number of fused-ring (bicyclic) bond motifs is 6. The molecule has 0 aliphatic rings. The second kappa shape index (κ2) is 14.7. The van der Waals surface area contributed by atoms with E-state index in [1.807, 2.05) is 60.7 Å². The molecule has 0 N–H and O–H groups in total. The first-order valence-electron chi connectivity index (χ1n) is 20.9. The summed E-state index contributed by atoms with van der Waals surface area (Å²) in [6.07, 6.45) is 0. The molecular formula is C57H37N5. The molecule has 12 rings (SSSR count). The Hall–Kier alpha value is -8.41. The van der Waals surface area contributed by atoms with Crippen LogP contribution in [0, 0.1) is 0 Å². The summed E-state index contributed by atoms with van der Waals surface area (Å²) in [5.41, 5.74) is 14.2. The Kier molecular flexibility index (Phi) is 8.42. The van der Waals surface area contributed by atoms with Gasteiger partial charge < -0.3 is 9.13 Å². The minimum atomic E-state index is 0.620. The molecule has 0 bridgehead atoms. The summed E-state index contributed by atoms with van der Waals surface area (Å²) in [7, 11) is 0. The largest absolute Gasteiger partial charge is 0.309 e. The number of para-hydroxylation sites is 2. The van der Waals surface area contributed by atoms with E-state index in [0.717, 1.165) is 50.1 Å². The highest BCUT2D eigenvalue weighted by Crippen LogP contribution is 2.42. The van der Waals surface area contributed by atoms with Gasteiger partial charge in [0.15, 0.2) is 17.5 Å². The van der Waals surface area contributed by atoms with E-state index in [9.17, 15) is 0 Å². The van der Waals surface area contributed by atoms with Gasteiger partial charge in [0.1, 0.15) is 0 Å². The third kappa shape index (κ3) is 5.98. The molecule has 62 heavy (non-hydrogen) atoms. The average Bonchev–Trinajstić information content (AvgIpc) is 3.86. The Morgan fingerprint density at radius 2 is 0.726 bits per heavy atom. The van der Waals surface area contributed by atoms with Crippen molar-refractivity contribution in [3.63, 3.8) is 0 Å². The molecule has 290 valence electrons. The van der Waals surface area contributed by atoms with Gasteiger partial charge in [-0.3, -0.25) is 0 Å². The standard InChI is InChI=1S/C57H37N5/c1-5-18-38(19-6-1)42-32-33-45(39-20-7-2-8-21-39)52(35-42)62-51-31-16-14-29-47(51)49-36-48-46-28-13-15-30-50(46)61(53(48)37-54(49)62)44-27-17-26-43(34-44)57-59-55(40-22-9-3-10-23-40)58-56(60-57)41-24-11-4-12-25-41/h1-37H. The first-order chi connectivity index (χ1) is 30.7. The maximum absolute atomic E-state index is 5.08. The molecule has 0 spiro atoms. The summed E-state index contributed by atoms with van der Waals surface area (Å²) in [5.74, 6) is 1.89. The van der Waals surface area contributed by atoms with Crippen molar-refractivity contribution in [3.05, 3.63) is 224 Å². The lowest BCUT2D eigenvalue weighted by atomic mass is 9.98. The van der Waals surface area contributed by atoms with Crippen LogP contribution in [0.3, 0.4) is 0 Å². The molecule has 5 heteroatoms. The highest BCUT2D eigenvalue weighted by molar-refractivity contribution is 6.19. The molecule has 0 aliphatic heterocycles. The smallest absolute Gasteiger partial charge is 0.164 e. The molecular weight excluding hydrogens is 755 g/mol. The number of hydrogen-bond donors (Lipinski definition) is 0. The van der Waals surface area contributed by atoms with Crippen molar-refractivity contribution >= 4 is 43.6 Å². The molecule has 0 atom stereocenters. The Balaban J connectivity index is 1.11.